The summed E-state index contributed by atoms with van der Waals surface area (Å²) in [4.78, 5) is 24.0. The smallest absolute Gasteiger partial charge is 0.349 e. The molecule has 0 spiro atoms. The normalized spacial score (nSPS) is 16.2. The molecule has 5 nitrogen and oxygen atoms in total. The Morgan fingerprint density at radius 1 is 1.33 bits per heavy atom. The topological polar surface area (TPSA) is 75.6 Å². The Labute approximate surface area is 128 Å². The van der Waals surface area contributed by atoms with Crippen LogP contribution >= 0.6 is 11.3 Å². The molecule has 2 N–H and O–H groups in total. The van der Waals surface area contributed by atoms with Gasteiger partial charge in [0, 0.05) is 10.9 Å². The molecule has 1 aliphatic rings. The van der Waals surface area contributed by atoms with Gasteiger partial charge in [-0.15, -0.1) is 11.3 Å². The van der Waals surface area contributed by atoms with Gasteiger partial charge in [-0.2, -0.15) is 0 Å². The summed E-state index contributed by atoms with van der Waals surface area (Å²) in [6, 6.07) is 1.89. The third kappa shape index (κ3) is 4.74. The van der Waals surface area contributed by atoms with Crippen LogP contribution in [0.3, 0.4) is 0 Å². The van der Waals surface area contributed by atoms with Crippen molar-refractivity contribution in [2.45, 2.75) is 51.5 Å². The van der Waals surface area contributed by atoms with E-state index in [4.69, 9.17) is 9.84 Å². The Kier molecular flexibility index (Phi) is 5.61. The van der Waals surface area contributed by atoms with Gasteiger partial charge in [0.25, 0.3) is 5.91 Å². The lowest BCUT2D eigenvalue weighted by Crippen LogP contribution is -2.37. The average molecular weight is 311 g/mol. The number of aromatic carboxylic acids is 1. The Morgan fingerprint density at radius 2 is 2.00 bits per heavy atom. The van der Waals surface area contributed by atoms with Crippen LogP contribution < -0.4 is 10.1 Å². The first-order chi connectivity index (χ1) is 10.1. The summed E-state index contributed by atoms with van der Waals surface area (Å²) < 4.78 is 5.37. The minimum absolute atomic E-state index is 0.132. The molecule has 1 aliphatic carbocycles. The Balaban J connectivity index is 1.84. The number of hydrogen-bond acceptors (Lipinski definition) is 4. The fourth-order valence-electron chi connectivity index (χ4n) is 2.58. The van der Waals surface area contributed by atoms with Gasteiger partial charge in [0.1, 0.15) is 5.75 Å². The summed E-state index contributed by atoms with van der Waals surface area (Å²) >= 11 is 1.16. The SMILES string of the molecule is Cc1cc(OCC(=O)NC2CCCCCC2)c(C(=O)O)s1. The third-order valence-electron chi connectivity index (χ3n) is 3.59. The van der Waals surface area contributed by atoms with Gasteiger partial charge in [0.2, 0.25) is 0 Å². The van der Waals surface area contributed by atoms with E-state index in [9.17, 15) is 9.59 Å². The molecule has 1 fully saturated rings. The number of aryl methyl sites for hydroxylation is 1. The first kappa shape index (κ1) is 15.8. The van der Waals surface area contributed by atoms with Gasteiger partial charge < -0.3 is 15.2 Å². The second-order valence-electron chi connectivity index (χ2n) is 5.40. The lowest BCUT2D eigenvalue weighted by molar-refractivity contribution is -0.123. The molecule has 1 amide bonds. The average Bonchev–Trinajstić information content (AvgIpc) is 2.63. The standard InChI is InChI=1S/C15H21NO4S/c1-10-8-12(14(21-10)15(18)19)20-9-13(17)16-11-6-4-2-3-5-7-11/h8,11H,2-7,9H2,1H3,(H,16,17)(H,18,19). The summed E-state index contributed by atoms with van der Waals surface area (Å²) in [6.07, 6.45) is 6.81. The van der Waals surface area contributed by atoms with Gasteiger partial charge in [-0.05, 0) is 25.8 Å². The van der Waals surface area contributed by atoms with E-state index in [2.05, 4.69) is 5.32 Å². The number of carboxylic acid groups (broad SMARTS) is 1. The van der Waals surface area contributed by atoms with Crippen LogP contribution in [-0.2, 0) is 4.79 Å². The number of ether oxygens (including phenoxy) is 1. The lowest BCUT2D eigenvalue weighted by Gasteiger charge is -2.16. The lowest BCUT2D eigenvalue weighted by atomic mass is 10.1. The maximum Gasteiger partial charge on any atom is 0.349 e. The predicted molar refractivity (Wildman–Crippen MR) is 81.1 cm³/mol. The van der Waals surface area contributed by atoms with Crippen LogP contribution in [0.1, 0.15) is 53.1 Å². The summed E-state index contributed by atoms with van der Waals surface area (Å²) in [6.45, 7) is 1.68. The van der Waals surface area contributed by atoms with Crippen molar-refractivity contribution in [2.75, 3.05) is 6.61 Å². The van der Waals surface area contributed by atoms with Crippen LogP contribution in [0.25, 0.3) is 0 Å². The van der Waals surface area contributed by atoms with Gasteiger partial charge in [-0.25, -0.2) is 4.79 Å². The predicted octanol–water partition coefficient (Wildman–Crippen LogP) is 2.97. The van der Waals surface area contributed by atoms with Crippen molar-refractivity contribution in [1.29, 1.82) is 0 Å². The van der Waals surface area contributed by atoms with Crippen molar-refractivity contribution >= 4 is 23.2 Å². The highest BCUT2D eigenvalue weighted by Crippen LogP contribution is 2.28. The number of nitrogens with one attached hydrogen (secondary N) is 1. The van der Waals surface area contributed by atoms with Crippen LogP contribution in [-0.4, -0.2) is 29.6 Å². The van der Waals surface area contributed by atoms with Gasteiger partial charge in [-0.1, -0.05) is 25.7 Å². The minimum atomic E-state index is -1.02. The number of carbonyl (C=O) groups excluding carboxylic acids is 1. The number of rotatable bonds is 5. The molecular formula is C15H21NO4S. The quantitative estimate of drug-likeness (QED) is 0.820. The molecule has 6 heteroatoms. The van der Waals surface area contributed by atoms with Crippen molar-refractivity contribution in [3.8, 4) is 5.75 Å². The van der Waals surface area contributed by atoms with Crippen LogP contribution in [0, 0.1) is 6.92 Å². The van der Waals surface area contributed by atoms with Crippen molar-refractivity contribution in [3.63, 3.8) is 0 Å². The van der Waals surface area contributed by atoms with Crippen molar-refractivity contribution in [3.05, 3.63) is 15.8 Å². The zero-order chi connectivity index (χ0) is 15.2. The number of carboxylic acids is 1. The maximum atomic E-state index is 11.9. The van der Waals surface area contributed by atoms with Gasteiger partial charge >= 0.3 is 5.97 Å². The second-order valence-corrected chi connectivity index (χ2v) is 6.66. The van der Waals surface area contributed by atoms with Crippen LogP contribution in [0.2, 0.25) is 0 Å². The molecule has 21 heavy (non-hydrogen) atoms. The fraction of sp³-hybridized carbons (Fsp3) is 0.600. The van der Waals surface area contributed by atoms with Crippen molar-refractivity contribution in [2.24, 2.45) is 0 Å². The first-order valence-electron chi connectivity index (χ1n) is 7.32. The van der Waals surface area contributed by atoms with Gasteiger partial charge in [0.05, 0.1) is 0 Å². The monoisotopic (exact) mass is 311 g/mol. The highest BCUT2D eigenvalue weighted by Gasteiger charge is 2.18. The Hall–Kier alpha value is -1.56. The molecule has 1 heterocycles. The van der Waals surface area contributed by atoms with E-state index in [1.165, 1.54) is 12.8 Å². The van der Waals surface area contributed by atoms with Gasteiger partial charge in [-0.3, -0.25) is 4.79 Å². The molecule has 2 rings (SSSR count). The van der Waals surface area contributed by atoms with Crippen LogP contribution in [0.15, 0.2) is 6.07 Å². The van der Waals surface area contributed by atoms with Crippen LogP contribution in [0.5, 0.6) is 5.75 Å². The molecule has 0 aliphatic heterocycles. The largest absolute Gasteiger partial charge is 0.482 e. The van der Waals surface area contributed by atoms with E-state index in [0.29, 0.717) is 0 Å². The first-order valence-corrected chi connectivity index (χ1v) is 8.14. The van der Waals surface area contributed by atoms with E-state index in [-0.39, 0.29) is 29.2 Å². The zero-order valence-electron chi connectivity index (χ0n) is 12.2. The van der Waals surface area contributed by atoms with Crippen molar-refractivity contribution in [1.82, 2.24) is 5.32 Å². The zero-order valence-corrected chi connectivity index (χ0v) is 13.0. The highest BCUT2D eigenvalue weighted by atomic mass is 32.1. The molecule has 0 unspecified atom stereocenters. The van der Waals surface area contributed by atoms with E-state index >= 15 is 0 Å². The Morgan fingerprint density at radius 3 is 2.62 bits per heavy atom. The number of hydrogen-bond donors (Lipinski definition) is 2. The molecule has 0 aromatic carbocycles. The molecular weight excluding hydrogens is 290 g/mol. The van der Waals surface area contributed by atoms with E-state index in [1.54, 1.807) is 6.07 Å². The molecule has 0 bridgehead atoms. The summed E-state index contributed by atoms with van der Waals surface area (Å²) in [5.41, 5.74) is 0. The summed E-state index contributed by atoms with van der Waals surface area (Å²) in [7, 11) is 0. The number of carbonyl (C=O) groups is 2. The van der Waals surface area contributed by atoms with Crippen molar-refractivity contribution < 1.29 is 19.4 Å². The second kappa shape index (κ2) is 7.45. The third-order valence-corrected chi connectivity index (χ3v) is 4.61. The molecule has 116 valence electrons. The summed E-state index contributed by atoms with van der Waals surface area (Å²) in [5.74, 6) is -0.921. The van der Waals surface area contributed by atoms with Crippen LogP contribution in [0.4, 0.5) is 0 Å². The van der Waals surface area contributed by atoms with E-state index in [0.717, 1.165) is 41.9 Å². The molecule has 1 aromatic rings. The number of thiophene rings is 1. The minimum Gasteiger partial charge on any atom is -0.482 e. The molecule has 0 saturated heterocycles. The van der Waals surface area contributed by atoms with Gasteiger partial charge in [0.15, 0.2) is 11.5 Å². The number of amides is 1. The molecule has 0 atom stereocenters. The van der Waals surface area contributed by atoms with E-state index in [1.807, 2.05) is 6.92 Å². The highest BCUT2D eigenvalue weighted by molar-refractivity contribution is 7.14. The van der Waals surface area contributed by atoms with E-state index < -0.39 is 5.97 Å². The molecule has 0 radical (unpaired) electrons. The molecule has 1 aromatic heterocycles. The fourth-order valence-corrected chi connectivity index (χ4v) is 3.38. The Bertz CT molecular complexity index is 504. The summed E-state index contributed by atoms with van der Waals surface area (Å²) in [5, 5.41) is 12.0. The maximum absolute atomic E-state index is 11.9. The molecule has 1 saturated carbocycles.